The summed E-state index contributed by atoms with van der Waals surface area (Å²) in [7, 11) is 3.36. The van der Waals surface area contributed by atoms with E-state index in [1.165, 1.54) is 12.0 Å². The van der Waals surface area contributed by atoms with Gasteiger partial charge < -0.3 is 14.4 Å². The predicted octanol–water partition coefficient (Wildman–Crippen LogP) is 4.63. The van der Waals surface area contributed by atoms with Crippen LogP contribution in [0.5, 0.6) is 11.5 Å². The van der Waals surface area contributed by atoms with E-state index in [0.29, 0.717) is 0 Å². The largest absolute Gasteiger partial charge is 0.493 e. The van der Waals surface area contributed by atoms with Gasteiger partial charge in [0, 0.05) is 37.8 Å². The van der Waals surface area contributed by atoms with Crippen molar-refractivity contribution >= 4 is 11.6 Å². The van der Waals surface area contributed by atoms with Gasteiger partial charge >= 0.3 is 0 Å². The van der Waals surface area contributed by atoms with Gasteiger partial charge in [0.2, 0.25) is 5.91 Å². The Morgan fingerprint density at radius 3 is 2.41 bits per heavy atom. The van der Waals surface area contributed by atoms with Crippen LogP contribution in [-0.2, 0) is 17.9 Å². The van der Waals surface area contributed by atoms with E-state index < -0.39 is 0 Å². The molecule has 29 heavy (non-hydrogen) atoms. The second kappa shape index (κ2) is 10.3. The Bertz CT molecular complexity index is 822. The Balaban J connectivity index is 1.91. The molecule has 1 heterocycles. The van der Waals surface area contributed by atoms with E-state index in [2.05, 4.69) is 29.2 Å². The summed E-state index contributed by atoms with van der Waals surface area (Å²) in [5.41, 5.74) is 3.33. The molecule has 0 fully saturated rings. The van der Waals surface area contributed by atoms with E-state index in [0.717, 1.165) is 68.2 Å². The topological polar surface area (TPSA) is 42.0 Å². The Morgan fingerprint density at radius 1 is 0.931 bits per heavy atom. The average Bonchev–Trinajstić information content (AvgIpc) is 2.76. The van der Waals surface area contributed by atoms with Gasteiger partial charge in [0.1, 0.15) is 0 Å². The van der Waals surface area contributed by atoms with Gasteiger partial charge in [-0.15, -0.1) is 0 Å². The number of ether oxygens (including phenoxy) is 2. The molecular formula is C24H32N2O3. The van der Waals surface area contributed by atoms with Crippen molar-refractivity contribution in [3.63, 3.8) is 0 Å². The van der Waals surface area contributed by atoms with Crippen LogP contribution in [0.25, 0.3) is 0 Å². The summed E-state index contributed by atoms with van der Waals surface area (Å²) in [6.45, 7) is 5.02. The zero-order valence-electron chi connectivity index (χ0n) is 17.8. The van der Waals surface area contributed by atoms with E-state index in [9.17, 15) is 4.79 Å². The average molecular weight is 397 g/mol. The molecule has 0 aromatic heterocycles. The smallest absolute Gasteiger partial charge is 0.223 e. The third-order valence-corrected chi connectivity index (χ3v) is 5.54. The van der Waals surface area contributed by atoms with Crippen molar-refractivity contribution in [1.82, 2.24) is 4.90 Å². The van der Waals surface area contributed by atoms with Crippen LogP contribution in [0.4, 0.5) is 5.69 Å². The number of rotatable bonds is 4. The highest BCUT2D eigenvalue weighted by Crippen LogP contribution is 2.32. The lowest BCUT2D eigenvalue weighted by molar-refractivity contribution is -0.116. The lowest BCUT2D eigenvalue weighted by atomic mass is 10.1. The standard InChI is InChI=1S/C24H32N2O3/c1-19(27)26-16-9-5-4-8-15-25(17-20-11-6-7-13-22(20)26)18-21-12-10-14-23(28-2)24(21)29-3/h6-7,10-14H,4-5,8-9,15-18H2,1-3H3. The first-order valence-electron chi connectivity index (χ1n) is 10.4. The highest BCUT2D eigenvalue weighted by molar-refractivity contribution is 5.92. The fourth-order valence-corrected chi connectivity index (χ4v) is 4.09. The molecule has 0 unspecified atom stereocenters. The van der Waals surface area contributed by atoms with Crippen molar-refractivity contribution in [2.75, 3.05) is 32.2 Å². The van der Waals surface area contributed by atoms with Crippen molar-refractivity contribution in [2.24, 2.45) is 0 Å². The summed E-state index contributed by atoms with van der Waals surface area (Å²) in [4.78, 5) is 16.7. The molecule has 0 atom stereocenters. The number of hydrogen-bond donors (Lipinski definition) is 0. The zero-order chi connectivity index (χ0) is 20.6. The second-order valence-corrected chi connectivity index (χ2v) is 7.58. The minimum atomic E-state index is 0.109. The van der Waals surface area contributed by atoms with Crippen LogP contribution in [0, 0.1) is 0 Å². The summed E-state index contributed by atoms with van der Waals surface area (Å²) < 4.78 is 11.1. The van der Waals surface area contributed by atoms with Crippen molar-refractivity contribution in [3.05, 3.63) is 53.6 Å². The molecule has 2 aromatic rings. The van der Waals surface area contributed by atoms with Crippen LogP contribution >= 0.6 is 0 Å². The molecule has 0 saturated heterocycles. The number of nitrogens with zero attached hydrogens (tertiary/aromatic N) is 2. The zero-order valence-corrected chi connectivity index (χ0v) is 17.8. The van der Waals surface area contributed by atoms with Crippen molar-refractivity contribution in [3.8, 4) is 11.5 Å². The second-order valence-electron chi connectivity index (χ2n) is 7.58. The molecule has 2 aromatic carbocycles. The van der Waals surface area contributed by atoms with Gasteiger partial charge in [0.15, 0.2) is 11.5 Å². The van der Waals surface area contributed by atoms with Crippen LogP contribution in [0.1, 0.15) is 43.7 Å². The highest BCUT2D eigenvalue weighted by atomic mass is 16.5. The van der Waals surface area contributed by atoms with Crippen LogP contribution in [-0.4, -0.2) is 38.1 Å². The normalized spacial score (nSPS) is 15.9. The monoisotopic (exact) mass is 396 g/mol. The summed E-state index contributed by atoms with van der Waals surface area (Å²) in [6, 6.07) is 14.3. The molecule has 1 aliphatic heterocycles. The highest BCUT2D eigenvalue weighted by Gasteiger charge is 2.19. The first-order chi connectivity index (χ1) is 14.1. The van der Waals surface area contributed by atoms with Gasteiger partial charge in [-0.3, -0.25) is 9.69 Å². The van der Waals surface area contributed by atoms with Crippen LogP contribution < -0.4 is 14.4 Å². The quantitative estimate of drug-likeness (QED) is 0.755. The van der Waals surface area contributed by atoms with Gasteiger partial charge in [0.05, 0.1) is 14.2 Å². The van der Waals surface area contributed by atoms with Crippen molar-refractivity contribution < 1.29 is 14.3 Å². The summed E-state index contributed by atoms with van der Waals surface area (Å²) in [5, 5.41) is 0. The molecule has 0 bridgehead atoms. The van der Waals surface area contributed by atoms with Gasteiger partial charge in [-0.1, -0.05) is 43.2 Å². The number of benzene rings is 2. The molecule has 0 saturated carbocycles. The molecule has 1 aliphatic rings. The van der Waals surface area contributed by atoms with E-state index in [1.807, 2.05) is 23.1 Å². The molecule has 0 N–H and O–H groups in total. The lowest BCUT2D eigenvalue weighted by Crippen LogP contribution is -2.31. The molecule has 156 valence electrons. The van der Waals surface area contributed by atoms with Crippen molar-refractivity contribution in [1.29, 1.82) is 0 Å². The number of carbonyl (C=O) groups excluding carboxylic acids is 1. The number of carbonyl (C=O) groups is 1. The summed E-state index contributed by atoms with van der Waals surface area (Å²) in [5.74, 6) is 1.66. The fourth-order valence-electron chi connectivity index (χ4n) is 4.09. The maximum atomic E-state index is 12.3. The van der Waals surface area contributed by atoms with Crippen LogP contribution in [0.3, 0.4) is 0 Å². The van der Waals surface area contributed by atoms with E-state index in [-0.39, 0.29) is 5.91 Å². The van der Waals surface area contributed by atoms with Crippen molar-refractivity contribution in [2.45, 2.75) is 45.7 Å². The number of para-hydroxylation sites is 2. The van der Waals surface area contributed by atoms with E-state index in [1.54, 1.807) is 21.1 Å². The first kappa shape index (κ1) is 21.2. The number of fused-ring (bicyclic) bond motifs is 1. The maximum Gasteiger partial charge on any atom is 0.223 e. The molecular weight excluding hydrogens is 364 g/mol. The van der Waals surface area contributed by atoms with Gasteiger partial charge in [-0.05, 0) is 37.1 Å². The Morgan fingerprint density at radius 2 is 1.69 bits per heavy atom. The van der Waals surface area contributed by atoms with Gasteiger partial charge in [-0.25, -0.2) is 0 Å². The molecule has 0 radical (unpaired) electrons. The third kappa shape index (κ3) is 5.30. The molecule has 0 aliphatic carbocycles. The molecule has 5 nitrogen and oxygen atoms in total. The molecule has 3 rings (SSSR count). The molecule has 5 heteroatoms. The molecule has 1 amide bonds. The summed E-state index contributed by atoms with van der Waals surface area (Å²) >= 11 is 0. The summed E-state index contributed by atoms with van der Waals surface area (Å²) in [6.07, 6.45) is 4.50. The predicted molar refractivity (Wildman–Crippen MR) is 117 cm³/mol. The van der Waals surface area contributed by atoms with Crippen LogP contribution in [0.2, 0.25) is 0 Å². The van der Waals surface area contributed by atoms with E-state index >= 15 is 0 Å². The maximum absolute atomic E-state index is 12.3. The Labute approximate surface area is 174 Å². The number of amides is 1. The lowest BCUT2D eigenvalue weighted by Gasteiger charge is -2.27. The molecule has 0 spiro atoms. The fraction of sp³-hybridized carbons (Fsp3) is 0.458. The Hall–Kier alpha value is -2.53. The number of methoxy groups -OCH3 is 2. The Kier molecular flexibility index (Phi) is 7.53. The van der Waals surface area contributed by atoms with Crippen LogP contribution in [0.15, 0.2) is 42.5 Å². The SMILES string of the molecule is COc1cccc(CN2CCCCCCN(C(C)=O)c3ccccc3C2)c1OC. The minimum Gasteiger partial charge on any atom is -0.493 e. The van der Waals surface area contributed by atoms with E-state index in [4.69, 9.17) is 9.47 Å². The third-order valence-electron chi connectivity index (χ3n) is 5.54. The minimum absolute atomic E-state index is 0.109. The number of anilines is 1. The van der Waals surface area contributed by atoms with Gasteiger partial charge in [0.25, 0.3) is 0 Å². The first-order valence-corrected chi connectivity index (χ1v) is 10.4. The number of hydrogen-bond acceptors (Lipinski definition) is 4. The van der Waals surface area contributed by atoms with Gasteiger partial charge in [-0.2, -0.15) is 0 Å².